The van der Waals surface area contributed by atoms with E-state index in [9.17, 15) is 22.4 Å². The van der Waals surface area contributed by atoms with Gasteiger partial charge in [0.1, 0.15) is 24.0 Å². The normalized spacial score (nSPS) is 14.1. The Kier molecular flexibility index (Phi) is 5.36. The van der Waals surface area contributed by atoms with E-state index in [0.717, 1.165) is 12.1 Å². The summed E-state index contributed by atoms with van der Waals surface area (Å²) >= 11 is 0. The fourth-order valence-corrected chi connectivity index (χ4v) is 2.97. The van der Waals surface area contributed by atoms with Gasteiger partial charge in [0.2, 0.25) is 0 Å². The number of carbonyl (C=O) groups excluding carboxylic acids is 1. The monoisotopic (exact) mass is 434 g/mol. The molecule has 31 heavy (non-hydrogen) atoms. The Morgan fingerprint density at radius 1 is 1.23 bits per heavy atom. The lowest BCUT2D eigenvalue weighted by Gasteiger charge is -2.40. The molecule has 0 radical (unpaired) electrons. The Morgan fingerprint density at radius 2 is 2.03 bits per heavy atom. The van der Waals surface area contributed by atoms with E-state index in [1.54, 1.807) is 17.0 Å². The second-order valence-electron chi connectivity index (χ2n) is 6.64. The lowest BCUT2D eigenvalue weighted by atomic mass is 10.1. The van der Waals surface area contributed by atoms with Gasteiger partial charge in [0, 0.05) is 12.3 Å². The van der Waals surface area contributed by atoms with Crippen molar-refractivity contribution in [3.8, 4) is 5.75 Å². The van der Waals surface area contributed by atoms with Crippen molar-refractivity contribution in [2.24, 2.45) is 0 Å². The van der Waals surface area contributed by atoms with E-state index in [1.807, 2.05) is 0 Å². The maximum absolute atomic E-state index is 13.5. The van der Waals surface area contributed by atoms with Crippen molar-refractivity contribution in [1.82, 2.24) is 20.2 Å². The number of halogens is 4. The van der Waals surface area contributed by atoms with Gasteiger partial charge in [-0.15, -0.1) is 5.10 Å². The molecule has 0 bridgehead atoms. The van der Waals surface area contributed by atoms with Crippen molar-refractivity contribution in [1.29, 1.82) is 0 Å². The van der Waals surface area contributed by atoms with Gasteiger partial charge in [-0.3, -0.25) is 4.79 Å². The minimum atomic E-state index is -4.68. The fourth-order valence-electron chi connectivity index (χ4n) is 2.97. The van der Waals surface area contributed by atoms with Gasteiger partial charge < -0.3 is 15.0 Å². The average Bonchev–Trinajstić information content (AvgIpc) is 2.70. The van der Waals surface area contributed by atoms with Crippen LogP contribution in [0.5, 0.6) is 5.75 Å². The highest BCUT2D eigenvalue weighted by atomic mass is 19.4. The molecule has 1 saturated heterocycles. The molecule has 1 aromatic carbocycles. The third-order valence-electron chi connectivity index (χ3n) is 4.41. The van der Waals surface area contributed by atoms with Crippen molar-refractivity contribution in [3.63, 3.8) is 0 Å². The molecule has 1 aliphatic rings. The van der Waals surface area contributed by atoms with Crippen molar-refractivity contribution in [3.05, 3.63) is 66.1 Å². The zero-order valence-electron chi connectivity index (χ0n) is 15.7. The number of benzene rings is 1. The van der Waals surface area contributed by atoms with Gasteiger partial charge in [-0.25, -0.2) is 14.4 Å². The molecule has 1 aliphatic heterocycles. The lowest BCUT2D eigenvalue weighted by Crippen LogP contribution is -2.54. The zero-order chi connectivity index (χ0) is 22.0. The molecule has 1 amide bonds. The number of amides is 1. The summed E-state index contributed by atoms with van der Waals surface area (Å²) in [6.07, 6.45) is -1.06. The van der Waals surface area contributed by atoms with Crippen LogP contribution >= 0.6 is 0 Å². The third-order valence-corrected chi connectivity index (χ3v) is 4.41. The number of nitrogens with zero attached hydrogens (tertiary/aromatic N) is 5. The Labute approximate surface area is 172 Å². The quantitative estimate of drug-likeness (QED) is 0.617. The molecule has 1 fully saturated rings. The maximum atomic E-state index is 13.5. The standard InChI is InChI=1S/C19H14F4N6O2/c20-12-4-11(19(21,22)23)5-13(6-12)31-14-8-29(9-14)15-7-24-10-25-17(15)18(30)27-16-2-1-3-26-28-16/h1-7,10,14H,8-9H2,(H,27,28,30). The first kappa shape index (κ1) is 20.4. The van der Waals surface area contributed by atoms with Crippen molar-refractivity contribution in [2.75, 3.05) is 23.3 Å². The molecular formula is C19H14F4N6O2. The van der Waals surface area contributed by atoms with E-state index in [2.05, 4.69) is 25.5 Å². The van der Waals surface area contributed by atoms with Gasteiger partial charge in [-0.2, -0.15) is 18.3 Å². The molecular weight excluding hydrogens is 420 g/mol. The summed E-state index contributed by atoms with van der Waals surface area (Å²) in [7, 11) is 0. The molecule has 0 spiro atoms. The number of carbonyl (C=O) groups is 1. The van der Waals surface area contributed by atoms with Crippen LogP contribution in [0.15, 0.2) is 49.1 Å². The molecule has 0 saturated carbocycles. The summed E-state index contributed by atoms with van der Waals surface area (Å²) < 4.78 is 57.6. The molecule has 2 aromatic heterocycles. The Bertz CT molecular complexity index is 1090. The minimum absolute atomic E-state index is 0.0872. The van der Waals surface area contributed by atoms with Crippen LogP contribution in [0.3, 0.4) is 0 Å². The second kappa shape index (κ2) is 8.13. The summed E-state index contributed by atoms with van der Waals surface area (Å²) in [4.78, 5) is 22.2. The van der Waals surface area contributed by atoms with Gasteiger partial charge in [0.25, 0.3) is 5.91 Å². The van der Waals surface area contributed by atoms with Gasteiger partial charge in [0.05, 0.1) is 30.5 Å². The third kappa shape index (κ3) is 4.68. The molecule has 0 aliphatic carbocycles. The molecule has 1 N–H and O–H groups in total. The largest absolute Gasteiger partial charge is 0.487 e. The highest BCUT2D eigenvalue weighted by Gasteiger charge is 2.34. The van der Waals surface area contributed by atoms with Gasteiger partial charge in [-0.1, -0.05) is 0 Å². The van der Waals surface area contributed by atoms with E-state index >= 15 is 0 Å². The predicted octanol–water partition coefficient (Wildman–Crippen LogP) is 2.94. The number of hydrogen-bond donors (Lipinski definition) is 1. The fraction of sp³-hybridized carbons (Fsp3) is 0.211. The highest BCUT2D eigenvalue weighted by molar-refractivity contribution is 6.06. The summed E-state index contributed by atoms with van der Waals surface area (Å²) in [5, 5.41) is 10.0. The first-order valence-corrected chi connectivity index (χ1v) is 8.98. The van der Waals surface area contributed by atoms with Crippen LogP contribution in [0, 0.1) is 5.82 Å². The Balaban J connectivity index is 1.43. The average molecular weight is 434 g/mol. The van der Waals surface area contributed by atoms with Crippen LogP contribution in [0.25, 0.3) is 0 Å². The van der Waals surface area contributed by atoms with E-state index in [4.69, 9.17) is 4.74 Å². The molecule has 12 heteroatoms. The Morgan fingerprint density at radius 3 is 2.74 bits per heavy atom. The maximum Gasteiger partial charge on any atom is 0.416 e. The van der Waals surface area contributed by atoms with Gasteiger partial charge in [0.15, 0.2) is 11.5 Å². The van der Waals surface area contributed by atoms with E-state index in [0.29, 0.717) is 11.8 Å². The van der Waals surface area contributed by atoms with Crippen LogP contribution in [0.4, 0.5) is 29.1 Å². The van der Waals surface area contributed by atoms with Crippen LogP contribution in [-0.2, 0) is 6.18 Å². The predicted molar refractivity (Wildman–Crippen MR) is 100 cm³/mol. The topological polar surface area (TPSA) is 93.1 Å². The zero-order valence-corrected chi connectivity index (χ0v) is 15.7. The van der Waals surface area contributed by atoms with Crippen molar-refractivity contribution >= 4 is 17.4 Å². The highest BCUT2D eigenvalue weighted by Crippen LogP contribution is 2.33. The van der Waals surface area contributed by atoms with E-state index in [1.165, 1.54) is 18.7 Å². The minimum Gasteiger partial charge on any atom is -0.487 e. The van der Waals surface area contributed by atoms with Crippen LogP contribution in [0.1, 0.15) is 16.1 Å². The lowest BCUT2D eigenvalue weighted by molar-refractivity contribution is -0.137. The van der Waals surface area contributed by atoms with Gasteiger partial charge in [-0.05, 0) is 24.3 Å². The second-order valence-corrected chi connectivity index (χ2v) is 6.64. The van der Waals surface area contributed by atoms with Crippen LogP contribution in [0.2, 0.25) is 0 Å². The first-order valence-electron chi connectivity index (χ1n) is 8.98. The molecule has 8 nitrogen and oxygen atoms in total. The number of aromatic nitrogens is 4. The van der Waals surface area contributed by atoms with Crippen molar-refractivity contribution < 1.29 is 27.1 Å². The molecule has 0 unspecified atom stereocenters. The number of alkyl halides is 3. The summed E-state index contributed by atoms with van der Waals surface area (Å²) in [6.45, 7) is 0.493. The molecule has 0 atom stereocenters. The molecule has 4 rings (SSSR count). The smallest absolute Gasteiger partial charge is 0.416 e. The number of anilines is 2. The first-order chi connectivity index (χ1) is 14.8. The number of nitrogens with one attached hydrogen (secondary N) is 1. The summed E-state index contributed by atoms with van der Waals surface area (Å²) in [5.74, 6) is -1.54. The molecule has 3 aromatic rings. The Hall–Kier alpha value is -3.83. The van der Waals surface area contributed by atoms with Crippen LogP contribution in [-0.4, -0.2) is 45.3 Å². The van der Waals surface area contributed by atoms with E-state index in [-0.39, 0.29) is 30.4 Å². The van der Waals surface area contributed by atoms with E-state index < -0.39 is 29.6 Å². The van der Waals surface area contributed by atoms with Gasteiger partial charge >= 0.3 is 6.18 Å². The number of rotatable bonds is 5. The summed E-state index contributed by atoms with van der Waals surface area (Å²) in [5.41, 5.74) is -0.624. The SMILES string of the molecule is O=C(Nc1cccnn1)c1ncncc1N1CC(Oc2cc(F)cc(C(F)(F)F)c2)C1. The summed E-state index contributed by atoms with van der Waals surface area (Å²) in [6, 6.07) is 5.22. The van der Waals surface area contributed by atoms with Crippen molar-refractivity contribution in [2.45, 2.75) is 12.3 Å². The number of hydrogen-bond acceptors (Lipinski definition) is 7. The molecule has 3 heterocycles. The number of ether oxygens (including phenoxy) is 1. The van der Waals surface area contributed by atoms with Crippen LogP contribution < -0.4 is 15.0 Å². The molecule has 160 valence electrons.